The Labute approximate surface area is 167 Å². The SMILES string of the molecule is CCCN(CC1CC1)C(=O)c1cc(S(=O)(=O)Nc2ccc(C)cc2)ccc1C. The monoisotopic (exact) mass is 400 g/mol. The smallest absolute Gasteiger partial charge is 0.261 e. The Balaban J connectivity index is 1.86. The highest BCUT2D eigenvalue weighted by molar-refractivity contribution is 7.92. The predicted molar refractivity (Wildman–Crippen MR) is 112 cm³/mol. The van der Waals surface area contributed by atoms with Crippen LogP contribution < -0.4 is 4.72 Å². The number of anilines is 1. The third-order valence-electron chi connectivity index (χ3n) is 5.01. The Morgan fingerprint density at radius 3 is 2.39 bits per heavy atom. The van der Waals surface area contributed by atoms with Crippen molar-refractivity contribution in [3.63, 3.8) is 0 Å². The zero-order valence-electron chi connectivity index (χ0n) is 16.7. The third kappa shape index (κ3) is 4.93. The molecular formula is C22H28N2O3S. The van der Waals surface area contributed by atoms with E-state index < -0.39 is 10.0 Å². The Bertz CT molecular complexity index is 948. The van der Waals surface area contributed by atoms with E-state index in [4.69, 9.17) is 0 Å². The van der Waals surface area contributed by atoms with Crippen molar-refractivity contribution >= 4 is 21.6 Å². The lowest BCUT2D eigenvalue weighted by Crippen LogP contribution is -2.34. The van der Waals surface area contributed by atoms with Crippen LogP contribution in [-0.2, 0) is 10.0 Å². The summed E-state index contributed by atoms with van der Waals surface area (Å²) >= 11 is 0. The number of amides is 1. The van der Waals surface area contributed by atoms with Crippen molar-refractivity contribution in [2.45, 2.75) is 44.9 Å². The van der Waals surface area contributed by atoms with Gasteiger partial charge in [0.25, 0.3) is 15.9 Å². The van der Waals surface area contributed by atoms with Gasteiger partial charge in [0.15, 0.2) is 0 Å². The van der Waals surface area contributed by atoms with Crippen molar-refractivity contribution in [3.05, 3.63) is 59.2 Å². The number of nitrogens with one attached hydrogen (secondary N) is 1. The summed E-state index contributed by atoms with van der Waals surface area (Å²) in [6.07, 6.45) is 3.22. The second kappa shape index (κ2) is 8.35. The van der Waals surface area contributed by atoms with Gasteiger partial charge in [0.1, 0.15) is 0 Å². The highest BCUT2D eigenvalue weighted by atomic mass is 32.2. The molecule has 6 heteroatoms. The number of hydrogen-bond donors (Lipinski definition) is 1. The quantitative estimate of drug-likeness (QED) is 0.716. The molecule has 3 rings (SSSR count). The highest BCUT2D eigenvalue weighted by Crippen LogP contribution is 2.30. The van der Waals surface area contributed by atoms with E-state index in [-0.39, 0.29) is 10.8 Å². The van der Waals surface area contributed by atoms with Crippen LogP contribution in [0.5, 0.6) is 0 Å². The molecule has 0 radical (unpaired) electrons. The lowest BCUT2D eigenvalue weighted by molar-refractivity contribution is 0.0746. The molecule has 0 bridgehead atoms. The summed E-state index contributed by atoms with van der Waals surface area (Å²) in [6.45, 7) is 7.28. The maximum absolute atomic E-state index is 13.1. The molecule has 1 saturated carbocycles. The summed E-state index contributed by atoms with van der Waals surface area (Å²) in [5.74, 6) is 0.504. The van der Waals surface area contributed by atoms with E-state index in [9.17, 15) is 13.2 Å². The van der Waals surface area contributed by atoms with Gasteiger partial charge in [0.05, 0.1) is 4.90 Å². The lowest BCUT2D eigenvalue weighted by atomic mass is 10.1. The van der Waals surface area contributed by atoms with Crippen molar-refractivity contribution in [1.29, 1.82) is 0 Å². The van der Waals surface area contributed by atoms with Crippen LogP contribution in [0.3, 0.4) is 0 Å². The van der Waals surface area contributed by atoms with Crippen LogP contribution in [0.4, 0.5) is 5.69 Å². The van der Waals surface area contributed by atoms with Crippen molar-refractivity contribution in [1.82, 2.24) is 4.90 Å². The zero-order valence-corrected chi connectivity index (χ0v) is 17.6. The summed E-state index contributed by atoms with van der Waals surface area (Å²) in [4.78, 5) is 15.1. The number of hydrogen-bond acceptors (Lipinski definition) is 3. The fourth-order valence-electron chi connectivity index (χ4n) is 3.16. The van der Waals surface area contributed by atoms with E-state index in [0.717, 1.165) is 24.1 Å². The number of rotatable bonds is 8. The summed E-state index contributed by atoms with van der Waals surface area (Å²) in [5, 5.41) is 0. The average Bonchev–Trinajstić information content (AvgIpc) is 3.47. The Kier molecular flexibility index (Phi) is 6.08. The molecule has 0 aromatic heterocycles. The van der Waals surface area contributed by atoms with Crippen LogP contribution in [0.25, 0.3) is 0 Å². The van der Waals surface area contributed by atoms with Crippen LogP contribution in [-0.4, -0.2) is 32.3 Å². The van der Waals surface area contributed by atoms with Crippen LogP contribution in [0, 0.1) is 19.8 Å². The van der Waals surface area contributed by atoms with Gasteiger partial charge >= 0.3 is 0 Å². The van der Waals surface area contributed by atoms with E-state index in [1.807, 2.05) is 37.8 Å². The van der Waals surface area contributed by atoms with Crippen molar-refractivity contribution in [2.75, 3.05) is 17.8 Å². The fourth-order valence-corrected chi connectivity index (χ4v) is 4.25. The minimum Gasteiger partial charge on any atom is -0.338 e. The molecule has 150 valence electrons. The molecule has 0 saturated heterocycles. The number of carbonyl (C=O) groups excluding carboxylic acids is 1. The molecule has 1 amide bonds. The summed E-state index contributed by atoms with van der Waals surface area (Å²) in [5.41, 5.74) is 2.80. The van der Waals surface area contributed by atoms with Gasteiger partial charge in [-0.1, -0.05) is 30.7 Å². The maximum atomic E-state index is 13.1. The van der Waals surface area contributed by atoms with E-state index in [1.165, 1.54) is 18.9 Å². The first-order valence-corrected chi connectivity index (χ1v) is 11.3. The molecule has 28 heavy (non-hydrogen) atoms. The molecule has 1 aliphatic carbocycles. The minimum absolute atomic E-state index is 0.0846. The molecule has 0 spiro atoms. The average molecular weight is 401 g/mol. The topological polar surface area (TPSA) is 66.5 Å². The van der Waals surface area contributed by atoms with Gasteiger partial charge in [-0.3, -0.25) is 9.52 Å². The van der Waals surface area contributed by atoms with Gasteiger partial charge in [0, 0.05) is 24.3 Å². The van der Waals surface area contributed by atoms with Crippen molar-refractivity contribution in [3.8, 4) is 0 Å². The number of benzene rings is 2. The number of aryl methyl sites for hydroxylation is 2. The van der Waals surface area contributed by atoms with Crippen LogP contribution in [0.15, 0.2) is 47.4 Å². The number of sulfonamides is 1. The second-order valence-electron chi connectivity index (χ2n) is 7.64. The first kappa shape index (κ1) is 20.4. The second-order valence-corrected chi connectivity index (χ2v) is 9.33. The summed E-state index contributed by atoms with van der Waals surface area (Å²) < 4.78 is 28.2. The molecule has 0 atom stereocenters. The van der Waals surface area contributed by atoms with Gasteiger partial charge in [-0.15, -0.1) is 0 Å². The molecule has 1 N–H and O–H groups in total. The summed E-state index contributed by atoms with van der Waals surface area (Å²) in [7, 11) is -3.77. The van der Waals surface area contributed by atoms with Crippen molar-refractivity contribution in [2.24, 2.45) is 5.92 Å². The van der Waals surface area contributed by atoms with Crippen LogP contribution >= 0.6 is 0 Å². The Morgan fingerprint density at radius 2 is 1.79 bits per heavy atom. The standard InChI is InChI=1S/C22H28N2O3S/c1-4-13-24(15-18-8-9-18)22(25)21-14-20(12-7-17(21)3)28(26,27)23-19-10-5-16(2)6-11-19/h5-7,10-12,14,18,23H,4,8-9,13,15H2,1-3H3. The van der Waals surface area contributed by atoms with Gasteiger partial charge in [-0.2, -0.15) is 0 Å². The van der Waals surface area contributed by atoms with Crippen LogP contribution in [0.1, 0.15) is 47.7 Å². The maximum Gasteiger partial charge on any atom is 0.261 e. The first-order chi connectivity index (χ1) is 13.3. The molecule has 1 fully saturated rings. The number of carbonyl (C=O) groups is 1. The molecule has 2 aromatic rings. The molecule has 1 aliphatic rings. The van der Waals surface area contributed by atoms with E-state index >= 15 is 0 Å². The largest absolute Gasteiger partial charge is 0.338 e. The molecule has 5 nitrogen and oxygen atoms in total. The van der Waals surface area contributed by atoms with E-state index in [0.29, 0.717) is 23.7 Å². The molecule has 0 heterocycles. The normalized spacial score (nSPS) is 14.0. The van der Waals surface area contributed by atoms with E-state index in [1.54, 1.807) is 24.3 Å². The summed E-state index contributed by atoms with van der Waals surface area (Å²) in [6, 6.07) is 11.9. The predicted octanol–water partition coefficient (Wildman–Crippen LogP) is 4.37. The highest BCUT2D eigenvalue weighted by Gasteiger charge is 2.28. The number of nitrogens with zero attached hydrogens (tertiary/aromatic N) is 1. The Morgan fingerprint density at radius 1 is 1.11 bits per heavy atom. The lowest BCUT2D eigenvalue weighted by Gasteiger charge is -2.23. The first-order valence-electron chi connectivity index (χ1n) is 9.79. The van der Waals surface area contributed by atoms with Gasteiger partial charge in [-0.05, 0) is 68.9 Å². The van der Waals surface area contributed by atoms with E-state index in [2.05, 4.69) is 4.72 Å². The minimum atomic E-state index is -3.77. The molecule has 0 aliphatic heterocycles. The molecule has 2 aromatic carbocycles. The van der Waals surface area contributed by atoms with Gasteiger partial charge in [0.2, 0.25) is 0 Å². The van der Waals surface area contributed by atoms with Gasteiger partial charge in [-0.25, -0.2) is 8.42 Å². The van der Waals surface area contributed by atoms with Gasteiger partial charge < -0.3 is 4.90 Å². The Hall–Kier alpha value is -2.34. The van der Waals surface area contributed by atoms with Crippen molar-refractivity contribution < 1.29 is 13.2 Å². The molecule has 0 unspecified atom stereocenters. The van der Waals surface area contributed by atoms with Crippen LogP contribution in [0.2, 0.25) is 0 Å². The molecular weight excluding hydrogens is 372 g/mol. The zero-order chi connectivity index (χ0) is 20.3. The third-order valence-corrected chi connectivity index (χ3v) is 6.39. The fraction of sp³-hybridized carbons (Fsp3) is 0.409.